The molecule has 1 aromatic heterocycles. The zero-order valence-corrected chi connectivity index (χ0v) is 13.0. The van der Waals surface area contributed by atoms with E-state index < -0.39 is 0 Å². The van der Waals surface area contributed by atoms with Crippen LogP contribution in [-0.2, 0) is 22.6 Å². The first-order valence-electron chi connectivity index (χ1n) is 7.83. The van der Waals surface area contributed by atoms with E-state index in [2.05, 4.69) is 27.8 Å². The van der Waals surface area contributed by atoms with Gasteiger partial charge in [0.05, 0.1) is 6.10 Å². The number of hydrogen-bond donors (Lipinski definition) is 0. The molecule has 1 aliphatic heterocycles. The number of amides is 1. The Bertz CT molecular complexity index is 493. The number of carbonyl (C=O) groups is 1. The molecule has 3 rings (SSSR count). The molecule has 5 nitrogen and oxygen atoms in total. The first kappa shape index (κ1) is 14.6. The summed E-state index contributed by atoms with van der Waals surface area (Å²) in [6, 6.07) is 4.99. The molecule has 5 heteroatoms. The molecule has 1 saturated carbocycles. The minimum Gasteiger partial charge on any atom is -0.365 e. The maximum absolute atomic E-state index is 11.7. The Labute approximate surface area is 126 Å². The molecule has 0 aromatic carbocycles. The van der Waals surface area contributed by atoms with E-state index in [1.165, 1.54) is 25.0 Å². The smallest absolute Gasteiger partial charge is 0.248 e. The Balaban J connectivity index is 1.66. The number of fused-ring (bicyclic) bond motifs is 1. The fourth-order valence-electron chi connectivity index (χ4n) is 3.04. The van der Waals surface area contributed by atoms with Crippen molar-refractivity contribution in [2.24, 2.45) is 0 Å². The average Bonchev–Trinajstić information content (AvgIpc) is 2.73. The van der Waals surface area contributed by atoms with Crippen molar-refractivity contribution in [3.8, 4) is 0 Å². The maximum Gasteiger partial charge on any atom is 0.248 e. The highest BCUT2D eigenvalue weighted by Crippen LogP contribution is 2.28. The van der Waals surface area contributed by atoms with E-state index in [1.807, 2.05) is 0 Å². The maximum atomic E-state index is 11.7. The Morgan fingerprint density at radius 3 is 2.86 bits per heavy atom. The largest absolute Gasteiger partial charge is 0.365 e. The van der Waals surface area contributed by atoms with Gasteiger partial charge in [0.1, 0.15) is 6.61 Å². The number of rotatable bonds is 4. The molecule has 0 unspecified atom stereocenters. The van der Waals surface area contributed by atoms with Crippen LogP contribution in [0.5, 0.6) is 0 Å². The normalized spacial score (nSPS) is 23.2. The summed E-state index contributed by atoms with van der Waals surface area (Å²) in [6.45, 7) is 2.94. The van der Waals surface area contributed by atoms with Gasteiger partial charge in [-0.05, 0) is 25.0 Å². The van der Waals surface area contributed by atoms with Crippen LogP contribution in [0.2, 0.25) is 0 Å². The second-order valence-electron chi connectivity index (χ2n) is 6.39. The lowest BCUT2D eigenvalue weighted by Crippen LogP contribution is -2.44. The highest BCUT2D eigenvalue weighted by Gasteiger charge is 2.30. The third kappa shape index (κ3) is 3.30. The summed E-state index contributed by atoms with van der Waals surface area (Å²) in [7, 11) is 3.53. The molecule has 1 aliphatic carbocycles. The lowest BCUT2D eigenvalue weighted by Gasteiger charge is -2.37. The van der Waals surface area contributed by atoms with Crippen LogP contribution in [0, 0.1) is 0 Å². The van der Waals surface area contributed by atoms with Crippen LogP contribution in [-0.4, -0.2) is 59.7 Å². The number of likely N-dealkylation sites (N-methyl/N-ethyl adjacent to an activating group) is 1. The summed E-state index contributed by atoms with van der Waals surface area (Å²) >= 11 is 0. The third-order valence-electron chi connectivity index (χ3n) is 4.66. The predicted molar refractivity (Wildman–Crippen MR) is 80.9 cm³/mol. The molecular formula is C16H25N3O2. The molecule has 2 heterocycles. The summed E-state index contributed by atoms with van der Waals surface area (Å²) in [5.41, 5.74) is 1.35. The van der Waals surface area contributed by atoms with Crippen LogP contribution in [0.25, 0.3) is 0 Å². The van der Waals surface area contributed by atoms with E-state index in [-0.39, 0.29) is 18.6 Å². The van der Waals surface area contributed by atoms with E-state index in [1.54, 1.807) is 19.0 Å². The summed E-state index contributed by atoms with van der Waals surface area (Å²) in [4.78, 5) is 15.8. The van der Waals surface area contributed by atoms with Gasteiger partial charge >= 0.3 is 0 Å². The summed E-state index contributed by atoms with van der Waals surface area (Å²) in [5, 5.41) is 0. The molecule has 0 spiro atoms. The van der Waals surface area contributed by atoms with Gasteiger partial charge in [-0.3, -0.25) is 9.69 Å². The lowest BCUT2D eigenvalue weighted by atomic mass is 9.91. The summed E-state index contributed by atoms with van der Waals surface area (Å²) in [6.07, 6.45) is 6.13. The molecule has 2 aliphatic rings. The molecule has 0 N–H and O–H groups in total. The third-order valence-corrected chi connectivity index (χ3v) is 4.66. The lowest BCUT2D eigenvalue weighted by molar-refractivity contribution is -0.136. The second-order valence-corrected chi connectivity index (χ2v) is 6.39. The fourth-order valence-corrected chi connectivity index (χ4v) is 3.04. The Kier molecular flexibility index (Phi) is 4.31. The topological polar surface area (TPSA) is 37.7 Å². The van der Waals surface area contributed by atoms with Crippen LogP contribution in [0.15, 0.2) is 18.3 Å². The first-order chi connectivity index (χ1) is 10.1. The standard InChI is InChI=1S/C16H25N3O2/c1-17(2)16(20)12-21-15-10-18-8-4-7-14(18)9-19(11-15)13-5-3-6-13/h4,7-8,13,15H,3,5-6,9-12H2,1-2H3/t15-/m1/s1. The van der Waals surface area contributed by atoms with E-state index in [0.29, 0.717) is 6.04 Å². The molecule has 1 aromatic rings. The van der Waals surface area contributed by atoms with Crippen molar-refractivity contribution >= 4 is 5.91 Å². The van der Waals surface area contributed by atoms with Gasteiger partial charge in [-0.15, -0.1) is 0 Å². The van der Waals surface area contributed by atoms with Gasteiger partial charge in [-0.2, -0.15) is 0 Å². The van der Waals surface area contributed by atoms with Gasteiger partial charge in [0.2, 0.25) is 5.91 Å². The van der Waals surface area contributed by atoms with Gasteiger partial charge in [0, 0.05) is 51.7 Å². The van der Waals surface area contributed by atoms with E-state index in [0.717, 1.165) is 19.6 Å². The Morgan fingerprint density at radius 1 is 1.38 bits per heavy atom. The molecule has 1 fully saturated rings. The second kappa shape index (κ2) is 6.20. The molecule has 116 valence electrons. The van der Waals surface area contributed by atoms with Gasteiger partial charge in [0.25, 0.3) is 0 Å². The minimum atomic E-state index is 0.0298. The van der Waals surface area contributed by atoms with E-state index >= 15 is 0 Å². The number of aromatic nitrogens is 1. The van der Waals surface area contributed by atoms with Crippen molar-refractivity contribution in [3.63, 3.8) is 0 Å². The van der Waals surface area contributed by atoms with Crippen molar-refractivity contribution < 1.29 is 9.53 Å². The van der Waals surface area contributed by atoms with Crippen LogP contribution in [0.3, 0.4) is 0 Å². The quantitative estimate of drug-likeness (QED) is 0.840. The molecule has 0 saturated heterocycles. The van der Waals surface area contributed by atoms with Crippen molar-refractivity contribution in [1.82, 2.24) is 14.4 Å². The van der Waals surface area contributed by atoms with Crippen molar-refractivity contribution in [2.45, 2.75) is 44.5 Å². The first-order valence-corrected chi connectivity index (χ1v) is 7.83. The number of nitrogens with zero attached hydrogens (tertiary/aromatic N) is 3. The Hall–Kier alpha value is -1.33. The van der Waals surface area contributed by atoms with Crippen molar-refractivity contribution in [2.75, 3.05) is 27.2 Å². The number of hydrogen-bond acceptors (Lipinski definition) is 3. The molecular weight excluding hydrogens is 266 g/mol. The van der Waals surface area contributed by atoms with Gasteiger partial charge in [-0.25, -0.2) is 0 Å². The fraction of sp³-hybridized carbons (Fsp3) is 0.688. The number of carbonyl (C=O) groups excluding carboxylic acids is 1. The molecule has 1 amide bonds. The van der Waals surface area contributed by atoms with Gasteiger partial charge < -0.3 is 14.2 Å². The van der Waals surface area contributed by atoms with Crippen LogP contribution < -0.4 is 0 Å². The van der Waals surface area contributed by atoms with Crippen LogP contribution >= 0.6 is 0 Å². The zero-order valence-electron chi connectivity index (χ0n) is 13.0. The van der Waals surface area contributed by atoms with Crippen LogP contribution in [0.1, 0.15) is 25.0 Å². The van der Waals surface area contributed by atoms with E-state index in [9.17, 15) is 4.79 Å². The molecule has 0 radical (unpaired) electrons. The predicted octanol–water partition coefficient (Wildman–Crippen LogP) is 1.33. The monoisotopic (exact) mass is 291 g/mol. The molecule has 21 heavy (non-hydrogen) atoms. The number of ether oxygens (including phenoxy) is 1. The SMILES string of the molecule is CN(C)C(=O)CO[C@H]1CN(C2CCC2)Cc2cccn2C1. The molecule has 0 bridgehead atoms. The van der Waals surface area contributed by atoms with Crippen molar-refractivity contribution in [1.29, 1.82) is 0 Å². The molecule has 1 atom stereocenters. The van der Waals surface area contributed by atoms with Gasteiger partial charge in [-0.1, -0.05) is 6.42 Å². The van der Waals surface area contributed by atoms with E-state index in [4.69, 9.17) is 4.74 Å². The zero-order chi connectivity index (χ0) is 14.8. The van der Waals surface area contributed by atoms with Gasteiger partial charge in [0.15, 0.2) is 0 Å². The highest BCUT2D eigenvalue weighted by molar-refractivity contribution is 5.76. The highest BCUT2D eigenvalue weighted by atomic mass is 16.5. The summed E-state index contributed by atoms with van der Waals surface area (Å²) < 4.78 is 8.17. The van der Waals surface area contributed by atoms with Crippen molar-refractivity contribution in [3.05, 3.63) is 24.0 Å². The van der Waals surface area contributed by atoms with Crippen LogP contribution in [0.4, 0.5) is 0 Å². The average molecular weight is 291 g/mol. The summed E-state index contributed by atoms with van der Waals surface area (Å²) in [5.74, 6) is 0.0298. The Morgan fingerprint density at radius 2 is 2.19 bits per heavy atom. The minimum absolute atomic E-state index is 0.0298.